The van der Waals surface area contributed by atoms with Gasteiger partial charge in [-0.3, -0.25) is 4.90 Å². The maximum atomic E-state index is 12.3. The molecule has 18 heavy (non-hydrogen) atoms. The summed E-state index contributed by atoms with van der Waals surface area (Å²) in [7, 11) is 1.74. The van der Waals surface area contributed by atoms with E-state index in [1.165, 1.54) is 6.42 Å². The van der Waals surface area contributed by atoms with Gasteiger partial charge in [-0.1, -0.05) is 11.6 Å². The van der Waals surface area contributed by atoms with Crippen molar-refractivity contribution in [3.8, 4) is 0 Å². The zero-order valence-corrected chi connectivity index (χ0v) is 11.3. The molecule has 5 heteroatoms. The topological polar surface area (TPSA) is 49.6 Å². The highest BCUT2D eigenvalue weighted by molar-refractivity contribution is 6.31. The van der Waals surface area contributed by atoms with Gasteiger partial charge in [0.2, 0.25) is 0 Å². The SMILES string of the molecule is CN(C(=O)N1CCCCC1)c1cc(Cl)ccc1N. The molecule has 0 unspecified atom stereocenters. The van der Waals surface area contributed by atoms with Gasteiger partial charge < -0.3 is 10.6 Å². The van der Waals surface area contributed by atoms with E-state index in [2.05, 4.69) is 0 Å². The summed E-state index contributed by atoms with van der Waals surface area (Å²) in [5.41, 5.74) is 7.11. The summed E-state index contributed by atoms with van der Waals surface area (Å²) in [6, 6.07) is 5.15. The number of nitrogens with two attached hydrogens (primary N) is 1. The molecule has 1 aliphatic heterocycles. The lowest BCUT2D eigenvalue weighted by Gasteiger charge is -2.31. The van der Waals surface area contributed by atoms with Gasteiger partial charge in [-0.2, -0.15) is 0 Å². The van der Waals surface area contributed by atoms with E-state index in [9.17, 15) is 4.79 Å². The number of carbonyl (C=O) groups excluding carboxylic acids is 1. The fraction of sp³-hybridized carbons (Fsp3) is 0.462. The Balaban J connectivity index is 2.16. The third-order valence-electron chi connectivity index (χ3n) is 3.27. The average molecular weight is 268 g/mol. The van der Waals surface area contributed by atoms with Crippen LogP contribution in [-0.2, 0) is 0 Å². The van der Waals surface area contributed by atoms with Crippen molar-refractivity contribution in [1.82, 2.24) is 4.90 Å². The number of carbonyl (C=O) groups is 1. The van der Waals surface area contributed by atoms with Crippen LogP contribution >= 0.6 is 11.6 Å². The maximum Gasteiger partial charge on any atom is 0.324 e. The Morgan fingerprint density at radius 2 is 2.00 bits per heavy atom. The largest absolute Gasteiger partial charge is 0.397 e. The Labute approximate surface area is 112 Å². The van der Waals surface area contributed by atoms with E-state index in [0.29, 0.717) is 16.4 Å². The molecule has 2 N–H and O–H groups in total. The van der Waals surface area contributed by atoms with Crippen molar-refractivity contribution >= 4 is 29.0 Å². The highest BCUT2D eigenvalue weighted by Gasteiger charge is 2.22. The minimum atomic E-state index is -0.0105. The van der Waals surface area contributed by atoms with E-state index in [4.69, 9.17) is 17.3 Å². The number of nitrogens with zero attached hydrogens (tertiary/aromatic N) is 2. The van der Waals surface area contributed by atoms with E-state index < -0.39 is 0 Å². The second kappa shape index (κ2) is 5.48. The predicted octanol–water partition coefficient (Wildman–Crippen LogP) is 2.96. The van der Waals surface area contributed by atoms with Gasteiger partial charge in [-0.05, 0) is 37.5 Å². The molecule has 1 aromatic carbocycles. The molecule has 0 bridgehead atoms. The van der Waals surface area contributed by atoms with E-state index in [1.54, 1.807) is 30.1 Å². The minimum absolute atomic E-state index is 0.0105. The van der Waals surface area contributed by atoms with Crippen molar-refractivity contribution < 1.29 is 4.79 Å². The molecule has 98 valence electrons. The number of amides is 2. The first-order valence-electron chi connectivity index (χ1n) is 6.17. The van der Waals surface area contributed by atoms with Crippen molar-refractivity contribution in [3.63, 3.8) is 0 Å². The third kappa shape index (κ3) is 2.70. The van der Waals surface area contributed by atoms with Gasteiger partial charge in [0.25, 0.3) is 0 Å². The molecule has 1 fully saturated rings. The first kappa shape index (κ1) is 13.0. The van der Waals surface area contributed by atoms with Crippen molar-refractivity contribution in [1.29, 1.82) is 0 Å². The smallest absolute Gasteiger partial charge is 0.324 e. The van der Waals surface area contributed by atoms with Gasteiger partial charge in [0.05, 0.1) is 11.4 Å². The average Bonchev–Trinajstić information content (AvgIpc) is 2.41. The van der Waals surface area contributed by atoms with E-state index in [-0.39, 0.29) is 6.03 Å². The lowest BCUT2D eigenvalue weighted by molar-refractivity contribution is 0.194. The summed E-state index contributed by atoms with van der Waals surface area (Å²) in [6.45, 7) is 1.65. The zero-order valence-electron chi connectivity index (χ0n) is 10.5. The first-order chi connectivity index (χ1) is 8.59. The highest BCUT2D eigenvalue weighted by atomic mass is 35.5. The summed E-state index contributed by atoms with van der Waals surface area (Å²) >= 11 is 5.94. The molecule has 0 saturated carbocycles. The third-order valence-corrected chi connectivity index (χ3v) is 3.50. The molecular formula is C13H18ClN3O. The summed E-state index contributed by atoms with van der Waals surface area (Å²) in [4.78, 5) is 15.8. The van der Waals surface area contributed by atoms with Gasteiger partial charge in [0.1, 0.15) is 0 Å². The summed E-state index contributed by atoms with van der Waals surface area (Å²) < 4.78 is 0. The second-order valence-corrected chi connectivity index (χ2v) is 5.03. The van der Waals surface area contributed by atoms with Gasteiger partial charge in [0.15, 0.2) is 0 Å². The molecular weight excluding hydrogens is 250 g/mol. The molecule has 0 radical (unpaired) electrons. The number of hydrogen-bond acceptors (Lipinski definition) is 2. The molecule has 0 aromatic heterocycles. The number of hydrogen-bond donors (Lipinski definition) is 1. The minimum Gasteiger partial charge on any atom is -0.397 e. The van der Waals surface area contributed by atoms with Crippen LogP contribution in [0.2, 0.25) is 5.02 Å². The normalized spacial score (nSPS) is 15.6. The molecule has 2 rings (SSSR count). The molecule has 1 heterocycles. The van der Waals surface area contributed by atoms with Crippen LogP contribution in [0.1, 0.15) is 19.3 Å². The van der Waals surface area contributed by atoms with Crippen LogP contribution in [0.15, 0.2) is 18.2 Å². The standard InChI is InChI=1S/C13H18ClN3O/c1-16(12-9-10(14)5-6-11(12)15)13(18)17-7-3-2-4-8-17/h5-6,9H,2-4,7-8,15H2,1H3. The molecule has 4 nitrogen and oxygen atoms in total. The molecule has 1 aliphatic rings. The Morgan fingerprint density at radius 1 is 1.33 bits per heavy atom. The fourth-order valence-electron chi connectivity index (χ4n) is 2.21. The van der Waals surface area contributed by atoms with Gasteiger partial charge in [-0.15, -0.1) is 0 Å². The van der Waals surface area contributed by atoms with Gasteiger partial charge in [0, 0.05) is 25.2 Å². The quantitative estimate of drug-likeness (QED) is 0.796. The fourth-order valence-corrected chi connectivity index (χ4v) is 2.37. The van der Waals surface area contributed by atoms with Crippen LogP contribution in [0.5, 0.6) is 0 Å². The number of piperidine rings is 1. The Kier molecular flexibility index (Phi) is 3.97. The van der Waals surface area contributed by atoms with Crippen molar-refractivity contribution in [2.75, 3.05) is 30.8 Å². The number of halogens is 1. The van der Waals surface area contributed by atoms with Crippen molar-refractivity contribution in [3.05, 3.63) is 23.2 Å². The number of likely N-dealkylation sites (tertiary alicyclic amines) is 1. The molecule has 0 aliphatic carbocycles. The molecule has 1 aromatic rings. The zero-order chi connectivity index (χ0) is 13.1. The van der Waals surface area contributed by atoms with Crippen molar-refractivity contribution in [2.45, 2.75) is 19.3 Å². The monoisotopic (exact) mass is 267 g/mol. The van der Waals surface area contributed by atoms with Crippen LogP contribution in [0.3, 0.4) is 0 Å². The van der Waals surface area contributed by atoms with Crippen molar-refractivity contribution in [2.24, 2.45) is 0 Å². The highest BCUT2D eigenvalue weighted by Crippen LogP contribution is 2.27. The van der Waals surface area contributed by atoms with Crippen LogP contribution in [0.25, 0.3) is 0 Å². The molecule has 0 spiro atoms. The lowest BCUT2D eigenvalue weighted by Crippen LogP contribution is -2.44. The number of benzene rings is 1. The molecule has 0 atom stereocenters. The van der Waals surface area contributed by atoms with E-state index in [1.807, 2.05) is 4.90 Å². The molecule has 1 saturated heterocycles. The van der Waals surface area contributed by atoms with E-state index >= 15 is 0 Å². The Bertz CT molecular complexity index is 444. The lowest BCUT2D eigenvalue weighted by atomic mass is 10.1. The number of urea groups is 1. The summed E-state index contributed by atoms with van der Waals surface area (Å²) in [6.07, 6.45) is 3.35. The summed E-state index contributed by atoms with van der Waals surface area (Å²) in [5.74, 6) is 0. The van der Waals surface area contributed by atoms with Crippen LogP contribution in [-0.4, -0.2) is 31.1 Å². The van der Waals surface area contributed by atoms with E-state index in [0.717, 1.165) is 25.9 Å². The Morgan fingerprint density at radius 3 is 2.67 bits per heavy atom. The maximum absolute atomic E-state index is 12.3. The predicted molar refractivity (Wildman–Crippen MR) is 75.1 cm³/mol. The Hall–Kier alpha value is -1.42. The first-order valence-corrected chi connectivity index (χ1v) is 6.55. The second-order valence-electron chi connectivity index (χ2n) is 4.59. The number of nitrogen functional groups attached to an aromatic ring is 1. The van der Waals surface area contributed by atoms with Crippen LogP contribution in [0.4, 0.5) is 16.2 Å². The van der Waals surface area contributed by atoms with Crippen LogP contribution < -0.4 is 10.6 Å². The number of rotatable bonds is 1. The molecule has 2 amide bonds. The number of anilines is 2. The van der Waals surface area contributed by atoms with Gasteiger partial charge in [-0.25, -0.2) is 4.79 Å². The van der Waals surface area contributed by atoms with Crippen LogP contribution in [0, 0.1) is 0 Å². The summed E-state index contributed by atoms with van der Waals surface area (Å²) in [5, 5.41) is 0.581. The van der Waals surface area contributed by atoms with Gasteiger partial charge >= 0.3 is 6.03 Å².